The number of nitrogens with zero attached hydrogens (tertiary/aromatic N) is 1. The fourth-order valence-corrected chi connectivity index (χ4v) is 1.50. The van der Waals surface area contributed by atoms with E-state index in [1.54, 1.807) is 0 Å². The number of halogens is 3. The zero-order valence-corrected chi connectivity index (χ0v) is 8.46. The summed E-state index contributed by atoms with van der Waals surface area (Å²) >= 11 is 2.89. The number of carboxylic acids is 1. The van der Waals surface area contributed by atoms with Crippen LogP contribution in [0.3, 0.4) is 0 Å². The Labute approximate surface area is 86.9 Å². The second kappa shape index (κ2) is 4.00. The van der Waals surface area contributed by atoms with Crippen molar-refractivity contribution in [1.29, 1.82) is 0 Å². The molecule has 1 rings (SSSR count). The van der Waals surface area contributed by atoms with Gasteiger partial charge in [-0.1, -0.05) is 0 Å². The summed E-state index contributed by atoms with van der Waals surface area (Å²) in [5.41, 5.74) is -0.366. The van der Waals surface area contributed by atoms with Crippen LogP contribution in [-0.2, 0) is 10.7 Å². The van der Waals surface area contributed by atoms with Gasteiger partial charge < -0.3 is 5.11 Å². The molecule has 0 radical (unpaired) electrons. The van der Waals surface area contributed by atoms with Gasteiger partial charge in [-0.3, -0.25) is 9.78 Å². The van der Waals surface area contributed by atoms with Crippen LogP contribution < -0.4 is 0 Å². The van der Waals surface area contributed by atoms with Crippen molar-refractivity contribution >= 4 is 21.9 Å². The van der Waals surface area contributed by atoms with Gasteiger partial charge in [-0.05, 0) is 22.0 Å². The number of hydrogen-bond donors (Lipinski definition) is 1. The van der Waals surface area contributed by atoms with Gasteiger partial charge >= 0.3 is 5.97 Å². The number of pyridine rings is 1. The lowest BCUT2D eigenvalue weighted by Crippen LogP contribution is -2.19. The quantitative estimate of drug-likeness (QED) is 0.913. The van der Waals surface area contributed by atoms with E-state index in [2.05, 4.69) is 20.9 Å². The molecule has 0 aromatic carbocycles. The summed E-state index contributed by atoms with van der Waals surface area (Å²) in [4.78, 5) is 13.8. The predicted octanol–water partition coefficient (Wildman–Crippen LogP) is 2.41. The van der Waals surface area contributed by atoms with E-state index in [4.69, 9.17) is 5.11 Å². The first-order valence-electron chi connectivity index (χ1n) is 3.63. The van der Waals surface area contributed by atoms with Gasteiger partial charge in [0.15, 0.2) is 0 Å². The van der Waals surface area contributed by atoms with E-state index < -0.39 is 18.3 Å². The molecule has 0 fully saturated rings. The van der Waals surface area contributed by atoms with Crippen molar-refractivity contribution in [2.75, 3.05) is 0 Å². The molecule has 1 aromatic heterocycles. The Kier molecular flexibility index (Phi) is 3.15. The Balaban J connectivity index is 3.03. The highest BCUT2D eigenvalue weighted by atomic mass is 79.9. The molecule has 1 aromatic rings. The molecule has 76 valence electrons. The standard InChI is InChI=1S/C8H6BrF2NO2/c9-6-4-12-2-1-5(6)8(10,11)3-7(13)14/h1-2,4H,3H2,(H,13,14). The summed E-state index contributed by atoms with van der Waals surface area (Å²) in [6.45, 7) is 0. The first-order chi connectivity index (χ1) is 6.43. The Morgan fingerprint density at radius 3 is 2.79 bits per heavy atom. The van der Waals surface area contributed by atoms with Crippen LogP contribution in [0.5, 0.6) is 0 Å². The molecule has 0 aliphatic rings. The zero-order chi connectivity index (χ0) is 10.8. The van der Waals surface area contributed by atoms with E-state index in [0.29, 0.717) is 0 Å². The van der Waals surface area contributed by atoms with Gasteiger partial charge in [-0.25, -0.2) is 8.78 Å². The molecule has 0 aliphatic carbocycles. The summed E-state index contributed by atoms with van der Waals surface area (Å²) in [5, 5.41) is 8.29. The Bertz CT molecular complexity index is 357. The highest BCUT2D eigenvalue weighted by molar-refractivity contribution is 9.10. The third-order valence-electron chi connectivity index (χ3n) is 1.54. The Hall–Kier alpha value is -1.04. The molecule has 0 aliphatic heterocycles. The molecular weight excluding hydrogens is 260 g/mol. The topological polar surface area (TPSA) is 50.2 Å². The lowest BCUT2D eigenvalue weighted by Gasteiger charge is -2.15. The van der Waals surface area contributed by atoms with Gasteiger partial charge in [0, 0.05) is 22.4 Å². The van der Waals surface area contributed by atoms with Gasteiger partial charge in [0.1, 0.15) is 6.42 Å². The van der Waals surface area contributed by atoms with E-state index in [-0.39, 0.29) is 10.0 Å². The third-order valence-corrected chi connectivity index (χ3v) is 2.17. The van der Waals surface area contributed by atoms with Crippen molar-refractivity contribution in [3.05, 3.63) is 28.5 Å². The summed E-state index contributed by atoms with van der Waals surface area (Å²) in [7, 11) is 0. The Morgan fingerprint density at radius 2 is 2.29 bits per heavy atom. The zero-order valence-electron chi connectivity index (χ0n) is 6.88. The fourth-order valence-electron chi connectivity index (χ4n) is 0.957. The van der Waals surface area contributed by atoms with Gasteiger partial charge in [-0.2, -0.15) is 0 Å². The first kappa shape index (κ1) is 11.0. The predicted molar refractivity (Wildman–Crippen MR) is 48.1 cm³/mol. The molecule has 14 heavy (non-hydrogen) atoms. The molecule has 0 spiro atoms. The summed E-state index contributed by atoms with van der Waals surface area (Å²) in [6.07, 6.45) is 1.16. The Morgan fingerprint density at radius 1 is 1.64 bits per heavy atom. The van der Waals surface area contributed by atoms with Gasteiger partial charge in [0.25, 0.3) is 5.92 Å². The van der Waals surface area contributed by atoms with Crippen molar-refractivity contribution in [2.45, 2.75) is 12.3 Å². The molecule has 0 unspecified atom stereocenters. The minimum Gasteiger partial charge on any atom is -0.481 e. The smallest absolute Gasteiger partial charge is 0.309 e. The van der Waals surface area contributed by atoms with Crippen LogP contribution in [0.25, 0.3) is 0 Å². The minimum atomic E-state index is -3.38. The molecule has 1 heterocycles. The van der Waals surface area contributed by atoms with Gasteiger partial charge in [-0.15, -0.1) is 0 Å². The van der Waals surface area contributed by atoms with E-state index >= 15 is 0 Å². The monoisotopic (exact) mass is 265 g/mol. The molecular formula is C8H6BrF2NO2. The van der Waals surface area contributed by atoms with Crippen LogP contribution in [0.2, 0.25) is 0 Å². The van der Waals surface area contributed by atoms with Crippen LogP contribution in [0, 0.1) is 0 Å². The number of aromatic nitrogens is 1. The molecule has 0 saturated heterocycles. The highest BCUT2D eigenvalue weighted by Crippen LogP contribution is 2.35. The molecule has 0 bridgehead atoms. The molecule has 0 saturated carbocycles. The van der Waals surface area contributed by atoms with E-state index in [1.807, 2.05) is 0 Å². The summed E-state index contributed by atoms with van der Waals surface area (Å²) in [6, 6.07) is 1.09. The number of carboxylic acid groups (broad SMARTS) is 1. The van der Waals surface area contributed by atoms with Crippen molar-refractivity contribution in [2.24, 2.45) is 0 Å². The number of aliphatic carboxylic acids is 1. The van der Waals surface area contributed by atoms with Crippen LogP contribution in [-0.4, -0.2) is 16.1 Å². The number of alkyl halides is 2. The highest BCUT2D eigenvalue weighted by Gasteiger charge is 2.36. The number of hydrogen-bond acceptors (Lipinski definition) is 2. The molecule has 0 amide bonds. The molecule has 0 atom stereocenters. The maximum absolute atomic E-state index is 13.2. The molecule has 3 nitrogen and oxygen atoms in total. The maximum atomic E-state index is 13.2. The van der Waals surface area contributed by atoms with Crippen molar-refractivity contribution < 1.29 is 18.7 Å². The lowest BCUT2D eigenvalue weighted by atomic mass is 10.1. The second-order valence-corrected chi connectivity index (χ2v) is 3.48. The lowest BCUT2D eigenvalue weighted by molar-refractivity contribution is -0.145. The van der Waals surface area contributed by atoms with Crippen molar-refractivity contribution in [1.82, 2.24) is 4.98 Å². The minimum absolute atomic E-state index is 0.103. The average molecular weight is 266 g/mol. The van der Waals surface area contributed by atoms with Gasteiger partial charge in [0.2, 0.25) is 0 Å². The average Bonchev–Trinajstić information content (AvgIpc) is 2.02. The van der Waals surface area contributed by atoms with Crippen LogP contribution in [0.4, 0.5) is 8.78 Å². The van der Waals surface area contributed by atoms with Crippen molar-refractivity contribution in [3.63, 3.8) is 0 Å². The fraction of sp³-hybridized carbons (Fsp3) is 0.250. The molecule has 6 heteroatoms. The van der Waals surface area contributed by atoms with E-state index in [1.165, 1.54) is 12.4 Å². The number of carbonyl (C=O) groups is 1. The summed E-state index contributed by atoms with van der Waals surface area (Å²) < 4.78 is 26.6. The normalized spacial score (nSPS) is 11.4. The van der Waals surface area contributed by atoms with Crippen molar-refractivity contribution in [3.8, 4) is 0 Å². The largest absolute Gasteiger partial charge is 0.481 e. The van der Waals surface area contributed by atoms with Crippen LogP contribution >= 0.6 is 15.9 Å². The van der Waals surface area contributed by atoms with E-state index in [0.717, 1.165) is 6.07 Å². The maximum Gasteiger partial charge on any atom is 0.309 e. The third kappa shape index (κ3) is 2.47. The SMILES string of the molecule is O=C(O)CC(F)(F)c1ccncc1Br. The van der Waals surface area contributed by atoms with Crippen LogP contribution in [0.15, 0.2) is 22.9 Å². The van der Waals surface area contributed by atoms with Crippen LogP contribution in [0.1, 0.15) is 12.0 Å². The van der Waals surface area contributed by atoms with E-state index in [9.17, 15) is 13.6 Å². The number of rotatable bonds is 3. The van der Waals surface area contributed by atoms with Gasteiger partial charge in [0.05, 0.1) is 0 Å². The first-order valence-corrected chi connectivity index (χ1v) is 4.42. The summed E-state index contributed by atoms with van der Waals surface area (Å²) in [5.74, 6) is -4.92. The molecule has 1 N–H and O–H groups in total. The second-order valence-electron chi connectivity index (χ2n) is 2.63.